The Morgan fingerprint density at radius 3 is 2.42 bits per heavy atom. The fraction of sp³-hybridized carbons (Fsp3) is 0.333. The predicted molar refractivity (Wildman–Crippen MR) is 58.7 cm³/mol. The highest BCUT2D eigenvalue weighted by Gasteiger charge is 2.37. The summed E-state index contributed by atoms with van der Waals surface area (Å²) in [7, 11) is 0. The highest BCUT2D eigenvalue weighted by Crippen LogP contribution is 2.38. The fourth-order valence-electron chi connectivity index (χ4n) is 1.25. The lowest BCUT2D eigenvalue weighted by molar-refractivity contribution is -0.275. The van der Waals surface area contributed by atoms with Crippen LogP contribution in [0, 0.1) is 0 Å². The highest BCUT2D eigenvalue weighted by molar-refractivity contribution is 9.08. The Morgan fingerprint density at radius 1 is 1.47 bits per heavy atom. The second-order valence-electron chi connectivity index (χ2n) is 3.13. The van der Waals surface area contributed by atoms with Crippen LogP contribution < -0.4 is 4.74 Å². The van der Waals surface area contributed by atoms with E-state index in [9.17, 15) is 26.7 Å². The summed E-state index contributed by atoms with van der Waals surface area (Å²) in [5.41, 5.74) is -2.33. The third kappa shape index (κ3) is 4.00. The summed E-state index contributed by atoms with van der Waals surface area (Å²) in [6.45, 7) is 0. The first-order chi connectivity index (χ1) is 8.67. The molecule has 0 radical (unpaired) electrons. The number of carbonyl (C=O) groups excluding carboxylic acids is 1. The van der Waals surface area contributed by atoms with Gasteiger partial charge in [0, 0.05) is 11.5 Å². The van der Waals surface area contributed by atoms with Gasteiger partial charge in [-0.05, 0) is 17.2 Å². The summed E-state index contributed by atoms with van der Waals surface area (Å²) >= 11 is 7.83. The maximum atomic E-state index is 12.8. The standard InChI is InChI=1S/C9H4BrClF5NO2/c10-1-3-2-17-5(7(11)18)6(4(3)8(12)13)19-9(14,15)16/h2,8H,1H2. The smallest absolute Gasteiger partial charge is 0.403 e. The topological polar surface area (TPSA) is 39.2 Å². The van der Waals surface area contributed by atoms with Crippen molar-refractivity contribution in [3.63, 3.8) is 0 Å². The third-order valence-corrected chi connectivity index (χ3v) is 2.70. The number of carbonyl (C=O) groups is 1. The van der Waals surface area contributed by atoms with E-state index in [1.165, 1.54) is 0 Å². The summed E-state index contributed by atoms with van der Waals surface area (Å²) in [6.07, 6.45) is -7.71. The zero-order valence-electron chi connectivity index (χ0n) is 8.77. The molecule has 0 amide bonds. The molecule has 1 rings (SSSR count). The molecule has 0 saturated carbocycles. The van der Waals surface area contributed by atoms with Crippen molar-refractivity contribution in [2.45, 2.75) is 18.1 Å². The predicted octanol–water partition coefficient (Wildman–Crippen LogP) is 4.19. The lowest BCUT2D eigenvalue weighted by Gasteiger charge is -2.16. The largest absolute Gasteiger partial charge is 0.573 e. The maximum absolute atomic E-state index is 12.8. The van der Waals surface area contributed by atoms with E-state index >= 15 is 0 Å². The van der Waals surface area contributed by atoms with Gasteiger partial charge in [-0.3, -0.25) is 4.79 Å². The van der Waals surface area contributed by atoms with E-state index in [1.54, 1.807) is 0 Å². The average molecular weight is 368 g/mol. The molecular formula is C9H4BrClF5NO2. The zero-order valence-corrected chi connectivity index (χ0v) is 11.1. The number of halogens is 7. The molecule has 0 aromatic carbocycles. The Hall–Kier alpha value is -0.960. The minimum atomic E-state index is -5.25. The number of nitrogens with zero attached hydrogens (tertiary/aromatic N) is 1. The van der Waals surface area contributed by atoms with Crippen LogP contribution in [0.25, 0.3) is 0 Å². The monoisotopic (exact) mass is 367 g/mol. The minimum absolute atomic E-state index is 0.190. The summed E-state index contributed by atoms with van der Waals surface area (Å²) in [5, 5.41) is -1.62. The van der Waals surface area contributed by atoms with Gasteiger partial charge in [-0.25, -0.2) is 13.8 Å². The molecule has 0 N–H and O–H groups in total. The SMILES string of the molecule is O=C(Cl)c1ncc(CBr)c(C(F)F)c1OC(F)(F)F. The van der Waals surface area contributed by atoms with Gasteiger partial charge in [0.05, 0.1) is 5.56 Å². The van der Waals surface area contributed by atoms with Gasteiger partial charge in [0.1, 0.15) is 0 Å². The minimum Gasteiger partial charge on any atom is -0.403 e. The van der Waals surface area contributed by atoms with E-state index in [4.69, 9.17) is 11.6 Å². The van der Waals surface area contributed by atoms with E-state index in [2.05, 4.69) is 25.7 Å². The molecule has 19 heavy (non-hydrogen) atoms. The van der Waals surface area contributed by atoms with Crippen molar-refractivity contribution >= 4 is 32.8 Å². The number of hydrogen-bond donors (Lipinski definition) is 0. The van der Waals surface area contributed by atoms with Gasteiger partial charge in [0.25, 0.3) is 11.7 Å². The highest BCUT2D eigenvalue weighted by atomic mass is 79.9. The van der Waals surface area contributed by atoms with Crippen molar-refractivity contribution in [3.8, 4) is 5.75 Å². The lowest BCUT2D eigenvalue weighted by atomic mass is 10.1. The number of alkyl halides is 6. The van der Waals surface area contributed by atoms with Crippen molar-refractivity contribution in [2.75, 3.05) is 0 Å². The zero-order chi connectivity index (χ0) is 14.8. The van der Waals surface area contributed by atoms with Crippen molar-refractivity contribution in [1.82, 2.24) is 4.98 Å². The van der Waals surface area contributed by atoms with Crippen LogP contribution in [-0.2, 0) is 5.33 Å². The normalized spacial score (nSPS) is 11.8. The Kier molecular flexibility index (Phi) is 5.08. The number of rotatable bonds is 4. The average Bonchev–Trinajstić information content (AvgIpc) is 2.25. The summed E-state index contributed by atoms with van der Waals surface area (Å²) < 4.78 is 65.8. The summed E-state index contributed by atoms with van der Waals surface area (Å²) in [5.74, 6) is -1.38. The van der Waals surface area contributed by atoms with Crippen molar-refractivity contribution < 1.29 is 31.5 Å². The van der Waals surface area contributed by atoms with Crippen LogP contribution in [-0.4, -0.2) is 16.6 Å². The van der Waals surface area contributed by atoms with Gasteiger partial charge < -0.3 is 4.74 Å². The lowest BCUT2D eigenvalue weighted by Crippen LogP contribution is -2.21. The first-order valence-electron chi connectivity index (χ1n) is 4.48. The van der Waals surface area contributed by atoms with Crippen LogP contribution in [0.15, 0.2) is 6.20 Å². The summed E-state index contributed by atoms with van der Waals surface area (Å²) in [6, 6.07) is 0. The van der Waals surface area contributed by atoms with Crippen molar-refractivity contribution in [2.24, 2.45) is 0 Å². The Bertz CT molecular complexity index is 494. The quantitative estimate of drug-likeness (QED) is 0.454. The molecule has 0 saturated heterocycles. The molecule has 0 atom stereocenters. The van der Waals surface area contributed by atoms with E-state index in [-0.39, 0.29) is 10.9 Å². The Balaban J connectivity index is 3.53. The van der Waals surface area contributed by atoms with E-state index < -0.39 is 35.0 Å². The Morgan fingerprint density at radius 2 is 2.05 bits per heavy atom. The van der Waals surface area contributed by atoms with Crippen LogP contribution in [0.3, 0.4) is 0 Å². The molecule has 0 fully saturated rings. The van der Waals surface area contributed by atoms with Gasteiger partial charge in [-0.15, -0.1) is 13.2 Å². The van der Waals surface area contributed by atoms with Crippen LogP contribution in [0.2, 0.25) is 0 Å². The van der Waals surface area contributed by atoms with Gasteiger partial charge in [-0.1, -0.05) is 15.9 Å². The fourth-order valence-corrected chi connectivity index (χ4v) is 1.83. The Labute approximate surface area is 116 Å². The van der Waals surface area contributed by atoms with Crippen LogP contribution >= 0.6 is 27.5 Å². The molecule has 0 unspecified atom stereocenters. The molecule has 0 bridgehead atoms. The van der Waals surface area contributed by atoms with Crippen molar-refractivity contribution in [3.05, 3.63) is 23.0 Å². The molecule has 0 aliphatic carbocycles. The van der Waals surface area contributed by atoms with Crippen LogP contribution in [0.1, 0.15) is 28.0 Å². The summed E-state index contributed by atoms with van der Waals surface area (Å²) in [4.78, 5) is 14.2. The molecule has 0 spiro atoms. The number of aromatic nitrogens is 1. The van der Waals surface area contributed by atoms with Crippen LogP contribution in [0.4, 0.5) is 22.0 Å². The molecular weight excluding hydrogens is 364 g/mol. The first-order valence-corrected chi connectivity index (χ1v) is 5.98. The number of pyridine rings is 1. The molecule has 1 aromatic heterocycles. The van der Waals surface area contributed by atoms with Gasteiger partial charge in [0.15, 0.2) is 11.4 Å². The second-order valence-corrected chi connectivity index (χ2v) is 4.03. The van der Waals surface area contributed by atoms with Crippen molar-refractivity contribution in [1.29, 1.82) is 0 Å². The molecule has 0 aliphatic rings. The number of ether oxygens (including phenoxy) is 1. The van der Waals surface area contributed by atoms with Crippen LogP contribution in [0.5, 0.6) is 5.75 Å². The molecule has 10 heteroatoms. The maximum Gasteiger partial charge on any atom is 0.573 e. The second kappa shape index (κ2) is 6.00. The van der Waals surface area contributed by atoms with E-state index in [0.717, 1.165) is 6.20 Å². The van der Waals surface area contributed by atoms with E-state index in [0.29, 0.717) is 0 Å². The number of hydrogen-bond acceptors (Lipinski definition) is 3. The molecule has 106 valence electrons. The van der Waals surface area contributed by atoms with Gasteiger partial charge in [0.2, 0.25) is 0 Å². The molecule has 1 heterocycles. The molecule has 0 aliphatic heterocycles. The van der Waals surface area contributed by atoms with Gasteiger partial charge >= 0.3 is 6.36 Å². The molecule has 3 nitrogen and oxygen atoms in total. The molecule has 1 aromatic rings. The third-order valence-electron chi connectivity index (χ3n) is 1.92. The first kappa shape index (κ1) is 16.1. The van der Waals surface area contributed by atoms with E-state index in [1.807, 2.05) is 0 Å². The van der Waals surface area contributed by atoms with Gasteiger partial charge in [-0.2, -0.15) is 0 Å².